The van der Waals surface area contributed by atoms with Crippen molar-refractivity contribution in [2.75, 3.05) is 13.1 Å². The lowest BCUT2D eigenvalue weighted by atomic mass is 10.1. The minimum atomic E-state index is -2.47. The lowest BCUT2D eigenvalue weighted by Crippen LogP contribution is -2.38. The van der Waals surface area contributed by atoms with Crippen LogP contribution in [0.3, 0.4) is 0 Å². The quantitative estimate of drug-likeness (QED) is 0.759. The summed E-state index contributed by atoms with van der Waals surface area (Å²) < 4.78 is 30.7. The molecule has 3 nitrogen and oxygen atoms in total. The van der Waals surface area contributed by atoms with Crippen LogP contribution < -0.4 is 0 Å². The molecule has 0 radical (unpaired) electrons. The molecule has 0 atom stereocenters. The zero-order valence-corrected chi connectivity index (χ0v) is 8.67. The van der Waals surface area contributed by atoms with Crippen molar-refractivity contribution in [3.05, 3.63) is 17.5 Å². The molecule has 15 heavy (non-hydrogen) atoms. The molecule has 0 N–H and O–H groups in total. The van der Waals surface area contributed by atoms with E-state index in [1.165, 1.54) is 0 Å². The van der Waals surface area contributed by atoms with E-state index in [0.29, 0.717) is 19.6 Å². The van der Waals surface area contributed by atoms with Crippen LogP contribution in [-0.2, 0) is 6.54 Å². The average Bonchev–Trinajstić information content (AvgIpc) is 2.56. The van der Waals surface area contributed by atoms with E-state index in [9.17, 15) is 8.78 Å². The maximum atomic E-state index is 12.9. The molecule has 1 aromatic heterocycles. The smallest absolute Gasteiger partial charge is 0.250 e. The second-order valence-corrected chi connectivity index (χ2v) is 4.04. The molecule has 1 aliphatic rings. The molecule has 5 heteroatoms. The normalized spacial score (nSPS) is 21.8. The Labute approximate surface area is 87.0 Å². The molecule has 0 aliphatic carbocycles. The van der Waals surface area contributed by atoms with Gasteiger partial charge in [-0.2, -0.15) is 0 Å². The molecule has 0 spiro atoms. The lowest BCUT2D eigenvalue weighted by Gasteiger charge is -2.31. The highest BCUT2D eigenvalue weighted by Gasteiger charge is 2.33. The van der Waals surface area contributed by atoms with Gasteiger partial charge in [0, 0.05) is 38.0 Å². The maximum Gasteiger partial charge on any atom is 0.250 e. The summed E-state index contributed by atoms with van der Waals surface area (Å²) in [5.74, 6) is -1.70. The van der Waals surface area contributed by atoms with Gasteiger partial charge in [0.05, 0.1) is 6.20 Å². The minimum absolute atomic E-state index is 0.0443. The largest absolute Gasteiger partial charge is 0.361 e. The number of alkyl halides is 2. The van der Waals surface area contributed by atoms with E-state index in [2.05, 4.69) is 5.16 Å². The highest BCUT2D eigenvalue weighted by molar-refractivity contribution is 5.11. The van der Waals surface area contributed by atoms with Crippen LogP contribution in [0.25, 0.3) is 0 Å². The van der Waals surface area contributed by atoms with Crippen LogP contribution in [0.4, 0.5) is 8.78 Å². The fourth-order valence-electron chi connectivity index (χ4n) is 1.75. The SMILES string of the molecule is Cc1oncc1CN1CCC(F)(F)CC1. The number of halogens is 2. The molecule has 2 rings (SSSR count). The Bertz CT molecular complexity index is 328. The third-order valence-corrected chi connectivity index (χ3v) is 2.83. The Kier molecular flexibility index (Phi) is 2.73. The van der Waals surface area contributed by atoms with Crippen LogP contribution in [0.1, 0.15) is 24.2 Å². The molecule has 0 unspecified atom stereocenters. The van der Waals surface area contributed by atoms with E-state index in [4.69, 9.17) is 4.52 Å². The van der Waals surface area contributed by atoms with Crippen molar-refractivity contribution in [3.8, 4) is 0 Å². The number of hydrogen-bond donors (Lipinski definition) is 0. The number of aryl methyl sites for hydroxylation is 1. The zero-order chi connectivity index (χ0) is 10.9. The van der Waals surface area contributed by atoms with Gasteiger partial charge in [-0.05, 0) is 6.92 Å². The molecule has 1 aromatic rings. The number of hydrogen-bond acceptors (Lipinski definition) is 3. The van der Waals surface area contributed by atoms with Gasteiger partial charge in [0.15, 0.2) is 0 Å². The maximum absolute atomic E-state index is 12.9. The van der Waals surface area contributed by atoms with Gasteiger partial charge in [-0.15, -0.1) is 0 Å². The molecule has 1 fully saturated rings. The predicted octanol–water partition coefficient (Wildman–Crippen LogP) is 2.21. The summed E-state index contributed by atoms with van der Waals surface area (Å²) in [5, 5.41) is 3.67. The summed E-state index contributed by atoms with van der Waals surface area (Å²) in [7, 11) is 0. The van der Waals surface area contributed by atoms with Crippen molar-refractivity contribution < 1.29 is 13.3 Å². The Balaban J connectivity index is 1.90. The Hall–Kier alpha value is -0.970. The van der Waals surface area contributed by atoms with Crippen molar-refractivity contribution in [2.45, 2.75) is 32.2 Å². The van der Waals surface area contributed by atoms with Crippen molar-refractivity contribution >= 4 is 0 Å². The van der Waals surface area contributed by atoms with Gasteiger partial charge in [-0.3, -0.25) is 4.90 Å². The first-order valence-electron chi connectivity index (χ1n) is 5.07. The molecular formula is C10H14F2N2O. The van der Waals surface area contributed by atoms with Gasteiger partial charge in [0.1, 0.15) is 5.76 Å². The topological polar surface area (TPSA) is 29.3 Å². The number of nitrogens with zero attached hydrogens (tertiary/aromatic N) is 2. The molecule has 2 heterocycles. The monoisotopic (exact) mass is 216 g/mol. The van der Waals surface area contributed by atoms with Gasteiger partial charge >= 0.3 is 0 Å². The summed E-state index contributed by atoms with van der Waals surface area (Å²) in [5.41, 5.74) is 0.986. The number of rotatable bonds is 2. The molecule has 0 bridgehead atoms. The summed E-state index contributed by atoms with van der Waals surface area (Å²) in [6.45, 7) is 3.38. The first-order valence-corrected chi connectivity index (χ1v) is 5.07. The molecule has 84 valence electrons. The Morgan fingerprint density at radius 1 is 1.47 bits per heavy atom. The molecule has 1 aliphatic heterocycles. The second-order valence-electron chi connectivity index (χ2n) is 4.04. The van der Waals surface area contributed by atoms with Gasteiger partial charge in [-0.1, -0.05) is 5.16 Å². The third kappa shape index (κ3) is 2.53. The minimum Gasteiger partial charge on any atom is -0.361 e. The highest BCUT2D eigenvalue weighted by Crippen LogP contribution is 2.28. The van der Waals surface area contributed by atoms with E-state index < -0.39 is 5.92 Å². The van der Waals surface area contributed by atoms with E-state index >= 15 is 0 Å². The van der Waals surface area contributed by atoms with Crippen LogP contribution in [0.2, 0.25) is 0 Å². The average molecular weight is 216 g/mol. The highest BCUT2D eigenvalue weighted by atomic mass is 19.3. The van der Waals surface area contributed by atoms with Gasteiger partial charge in [-0.25, -0.2) is 8.78 Å². The van der Waals surface area contributed by atoms with Crippen molar-refractivity contribution in [1.29, 1.82) is 0 Å². The van der Waals surface area contributed by atoms with Crippen LogP contribution in [0, 0.1) is 6.92 Å². The molecule has 0 saturated carbocycles. The zero-order valence-electron chi connectivity index (χ0n) is 8.67. The van der Waals surface area contributed by atoms with Crippen LogP contribution in [0.15, 0.2) is 10.7 Å². The fourth-order valence-corrected chi connectivity index (χ4v) is 1.75. The first-order chi connectivity index (χ1) is 7.07. The van der Waals surface area contributed by atoms with Crippen molar-refractivity contribution in [3.63, 3.8) is 0 Å². The molecule has 0 amide bonds. The van der Waals surface area contributed by atoms with Crippen LogP contribution in [-0.4, -0.2) is 29.1 Å². The van der Waals surface area contributed by atoms with Crippen LogP contribution >= 0.6 is 0 Å². The summed E-state index contributed by atoms with van der Waals surface area (Å²) >= 11 is 0. The molecule has 1 saturated heterocycles. The van der Waals surface area contributed by atoms with E-state index in [0.717, 1.165) is 11.3 Å². The molecule has 0 aromatic carbocycles. The number of aromatic nitrogens is 1. The lowest BCUT2D eigenvalue weighted by molar-refractivity contribution is -0.0566. The Morgan fingerprint density at radius 2 is 2.13 bits per heavy atom. The predicted molar refractivity (Wildman–Crippen MR) is 50.7 cm³/mol. The number of likely N-dealkylation sites (tertiary alicyclic amines) is 1. The standard InChI is InChI=1S/C10H14F2N2O/c1-8-9(6-13-15-8)7-14-4-2-10(11,12)3-5-14/h6H,2-5,7H2,1H3. The van der Waals surface area contributed by atoms with Crippen molar-refractivity contribution in [1.82, 2.24) is 10.1 Å². The van der Waals surface area contributed by atoms with Crippen LogP contribution in [0.5, 0.6) is 0 Å². The van der Waals surface area contributed by atoms with Gasteiger partial charge in [0.25, 0.3) is 5.92 Å². The second kappa shape index (κ2) is 3.89. The summed E-state index contributed by atoms with van der Waals surface area (Å²) in [6, 6.07) is 0. The van der Waals surface area contributed by atoms with E-state index in [1.54, 1.807) is 6.20 Å². The summed E-state index contributed by atoms with van der Waals surface area (Å²) in [4.78, 5) is 2.01. The third-order valence-electron chi connectivity index (χ3n) is 2.83. The summed E-state index contributed by atoms with van der Waals surface area (Å²) in [6.07, 6.45) is 1.57. The number of piperidine rings is 1. The first kappa shape index (κ1) is 10.5. The van der Waals surface area contributed by atoms with Gasteiger partial charge < -0.3 is 4.52 Å². The fraction of sp³-hybridized carbons (Fsp3) is 0.700. The van der Waals surface area contributed by atoms with E-state index in [-0.39, 0.29) is 12.8 Å². The Morgan fingerprint density at radius 3 is 2.67 bits per heavy atom. The molecular weight excluding hydrogens is 202 g/mol. The van der Waals surface area contributed by atoms with Crippen molar-refractivity contribution in [2.24, 2.45) is 0 Å². The van der Waals surface area contributed by atoms with Gasteiger partial charge in [0.2, 0.25) is 0 Å². The van der Waals surface area contributed by atoms with E-state index in [1.807, 2.05) is 11.8 Å².